The van der Waals surface area contributed by atoms with Crippen molar-refractivity contribution in [1.29, 1.82) is 0 Å². The minimum Gasteiger partial charge on any atom is -0.343 e. The quantitative estimate of drug-likeness (QED) is 0.135. The fraction of sp³-hybridized carbons (Fsp3) is 0.889. The molecule has 28 heavy (non-hydrogen) atoms. The number of amides is 1. The molecule has 168 valence electrons. The first-order valence-electron chi connectivity index (χ1n) is 7.41. The van der Waals surface area contributed by atoms with Crippen molar-refractivity contribution < 1.29 is 57.6 Å². The van der Waals surface area contributed by atoms with Gasteiger partial charge in [0, 0.05) is 26.2 Å². The topological polar surface area (TPSA) is 240 Å². The van der Waals surface area contributed by atoms with Gasteiger partial charge in [-0.05, 0) is 7.05 Å². The van der Waals surface area contributed by atoms with Gasteiger partial charge >= 0.3 is 28.4 Å². The normalized spacial score (nSPS) is 13.6. The van der Waals surface area contributed by atoms with E-state index in [0.717, 1.165) is 4.90 Å². The van der Waals surface area contributed by atoms with Gasteiger partial charge in [-0.2, -0.15) is 0 Å². The molecule has 0 radical (unpaired) electrons. The monoisotopic (exact) mass is 491 g/mol. The summed E-state index contributed by atoms with van der Waals surface area (Å²) in [6.07, 6.45) is -2.51. The van der Waals surface area contributed by atoms with Crippen molar-refractivity contribution in [1.82, 2.24) is 14.7 Å². The summed E-state index contributed by atoms with van der Waals surface area (Å²) in [5, 5.41) is 0. The molecule has 0 saturated carbocycles. The molecule has 0 aromatic heterocycles. The zero-order chi connectivity index (χ0) is 22.3. The highest BCUT2D eigenvalue weighted by Gasteiger charge is 2.29. The number of likely N-dealkylation sites (N-methyl/N-ethyl adjacent to an activating group) is 1. The van der Waals surface area contributed by atoms with Crippen LogP contribution in [-0.2, 0) is 13.7 Å². The molecule has 0 bridgehead atoms. The highest BCUT2D eigenvalue weighted by Crippen LogP contribution is 2.39. The molecule has 8 N–H and O–H groups in total. The van der Waals surface area contributed by atoms with Crippen LogP contribution in [0.4, 0.5) is 4.79 Å². The van der Waals surface area contributed by atoms with E-state index in [1.165, 1.54) is 11.9 Å². The van der Waals surface area contributed by atoms with Crippen LogP contribution in [0, 0.1) is 0 Å². The predicted molar refractivity (Wildman–Crippen MR) is 98.4 cm³/mol. The Morgan fingerprint density at radius 3 is 1.57 bits per heavy atom. The Balaban J connectivity index is 5.09. The molecule has 0 aromatic carbocycles. The van der Waals surface area contributed by atoms with Crippen molar-refractivity contribution >= 4 is 36.8 Å². The highest BCUT2D eigenvalue weighted by molar-refractivity contribution is 7.64. The zero-order valence-corrected chi connectivity index (χ0v) is 18.4. The van der Waals surface area contributed by atoms with Crippen LogP contribution in [0.5, 0.6) is 0 Å². The maximum absolute atomic E-state index is 11.7. The molecule has 0 rings (SSSR count). The van der Waals surface area contributed by atoms with Gasteiger partial charge in [0.2, 0.25) is 0 Å². The standard InChI is InChI=1S/C9H25N3O12P4/c1-10(6-26(16,17)18)2-3-11(7-27(19,20)21)4-5-12(8-28(22,23)24)9(13)25(14)15/h14-15H,2-8H2,1H3,(H2,16,17,18)(H2,19,20,21)(H2,22,23,24). The van der Waals surface area contributed by atoms with Crippen LogP contribution in [0.15, 0.2) is 0 Å². The molecular weight excluding hydrogens is 466 g/mol. The van der Waals surface area contributed by atoms with Gasteiger partial charge in [-0.1, -0.05) is 0 Å². The molecule has 0 heterocycles. The van der Waals surface area contributed by atoms with Crippen LogP contribution < -0.4 is 0 Å². The second kappa shape index (κ2) is 11.5. The van der Waals surface area contributed by atoms with E-state index in [0.29, 0.717) is 4.90 Å². The van der Waals surface area contributed by atoms with Crippen molar-refractivity contribution in [3.8, 4) is 0 Å². The molecule has 15 nitrogen and oxygen atoms in total. The molecule has 0 unspecified atom stereocenters. The summed E-state index contributed by atoms with van der Waals surface area (Å²) >= 11 is 0. The Morgan fingerprint density at radius 1 is 0.750 bits per heavy atom. The van der Waals surface area contributed by atoms with E-state index in [4.69, 9.17) is 39.1 Å². The van der Waals surface area contributed by atoms with Crippen LogP contribution in [0.25, 0.3) is 0 Å². The van der Waals surface area contributed by atoms with Crippen molar-refractivity contribution in [2.75, 3.05) is 52.1 Å². The van der Waals surface area contributed by atoms with Crippen LogP contribution in [0.3, 0.4) is 0 Å². The molecule has 0 aliphatic carbocycles. The van der Waals surface area contributed by atoms with Gasteiger partial charge in [-0.3, -0.25) is 28.3 Å². The molecule has 1 amide bonds. The molecule has 19 heteroatoms. The van der Waals surface area contributed by atoms with Gasteiger partial charge in [0.25, 0.3) is 8.38 Å². The van der Waals surface area contributed by atoms with Gasteiger partial charge in [0.15, 0.2) is 0 Å². The average Bonchev–Trinajstić information content (AvgIpc) is 2.43. The summed E-state index contributed by atoms with van der Waals surface area (Å²) in [6, 6.07) is 0. The number of hydrogen-bond donors (Lipinski definition) is 8. The highest BCUT2D eigenvalue weighted by atomic mass is 31.2. The van der Waals surface area contributed by atoms with E-state index in [9.17, 15) is 18.5 Å². The van der Waals surface area contributed by atoms with E-state index in [1.54, 1.807) is 0 Å². The Morgan fingerprint density at radius 2 is 1.18 bits per heavy atom. The molecule has 0 fully saturated rings. The Hall–Kier alpha value is 0.190. The summed E-state index contributed by atoms with van der Waals surface area (Å²) in [6.45, 7) is -0.910. The Kier molecular flexibility index (Phi) is 11.6. The molecule has 0 aliphatic heterocycles. The smallest absolute Gasteiger partial charge is 0.343 e. The average molecular weight is 491 g/mol. The third-order valence-corrected chi connectivity index (χ3v) is 6.05. The fourth-order valence-electron chi connectivity index (χ4n) is 2.05. The molecule has 0 aliphatic rings. The second-order valence-electron chi connectivity index (χ2n) is 5.95. The maximum Gasteiger partial charge on any atom is 0.344 e. The Bertz CT molecular complexity index is 644. The van der Waals surface area contributed by atoms with E-state index >= 15 is 0 Å². The zero-order valence-electron chi connectivity index (χ0n) is 14.8. The number of nitrogens with zero attached hydrogens (tertiary/aromatic N) is 3. The summed E-state index contributed by atoms with van der Waals surface area (Å²) in [4.78, 5) is 86.5. The minimum absolute atomic E-state index is 0.0236. The van der Waals surface area contributed by atoms with Crippen LogP contribution in [0.1, 0.15) is 0 Å². The molecule has 0 saturated heterocycles. The van der Waals surface area contributed by atoms with Gasteiger partial charge in [0.1, 0.15) is 18.9 Å². The third-order valence-electron chi connectivity index (χ3n) is 3.09. The maximum atomic E-state index is 11.7. The van der Waals surface area contributed by atoms with Crippen molar-refractivity contribution in [2.24, 2.45) is 0 Å². The molecule has 0 aromatic rings. The summed E-state index contributed by atoms with van der Waals surface area (Å²) < 4.78 is 33.3. The van der Waals surface area contributed by atoms with Crippen molar-refractivity contribution in [3.63, 3.8) is 0 Å². The van der Waals surface area contributed by atoms with Gasteiger partial charge in [-0.15, -0.1) is 0 Å². The first-order chi connectivity index (χ1) is 12.4. The molecule has 0 spiro atoms. The number of carbonyl (C=O) groups excluding carboxylic acids is 1. The largest absolute Gasteiger partial charge is 0.344 e. The first-order valence-corrected chi connectivity index (χ1v) is 14.0. The lowest BCUT2D eigenvalue weighted by Gasteiger charge is -2.29. The van der Waals surface area contributed by atoms with E-state index in [1.807, 2.05) is 0 Å². The lowest BCUT2D eigenvalue weighted by molar-refractivity contribution is 0.196. The minimum atomic E-state index is -4.74. The second-order valence-corrected chi connectivity index (χ2v) is 11.7. The third kappa shape index (κ3) is 15.1. The Labute approximate surface area is 162 Å². The van der Waals surface area contributed by atoms with Crippen molar-refractivity contribution in [2.45, 2.75) is 0 Å². The number of hydrogen-bond acceptors (Lipinski definition) is 8. The predicted octanol–water partition coefficient (Wildman–Crippen LogP) is -1.66. The summed E-state index contributed by atoms with van der Waals surface area (Å²) in [7, 11) is -15.5. The van der Waals surface area contributed by atoms with E-state index < -0.39 is 62.2 Å². The van der Waals surface area contributed by atoms with Crippen LogP contribution >= 0.6 is 31.2 Å². The fourth-order valence-corrected chi connectivity index (χ4v) is 4.87. The van der Waals surface area contributed by atoms with Gasteiger partial charge in [-0.25, -0.2) is 0 Å². The van der Waals surface area contributed by atoms with Crippen molar-refractivity contribution in [3.05, 3.63) is 0 Å². The first kappa shape index (κ1) is 28.2. The summed E-state index contributed by atoms with van der Waals surface area (Å²) in [5.41, 5.74) is -1.34. The SMILES string of the molecule is CN(CCN(CCN(CP(=O)(O)O)C(=O)P(O)O)CP(=O)(O)O)CP(=O)(O)O. The van der Waals surface area contributed by atoms with Gasteiger partial charge in [0.05, 0.1) is 0 Å². The molecular formula is C9H25N3O12P4. The lowest BCUT2D eigenvalue weighted by atomic mass is 10.4. The van der Waals surface area contributed by atoms with Crippen LogP contribution in [-0.4, -0.2) is 112 Å². The molecule has 0 atom stereocenters. The van der Waals surface area contributed by atoms with E-state index in [2.05, 4.69) is 0 Å². The number of carbonyl (C=O) groups is 1. The van der Waals surface area contributed by atoms with Crippen LogP contribution in [0.2, 0.25) is 0 Å². The lowest BCUT2D eigenvalue weighted by Crippen LogP contribution is -2.41. The van der Waals surface area contributed by atoms with E-state index in [-0.39, 0.29) is 19.6 Å². The van der Waals surface area contributed by atoms with Gasteiger partial charge < -0.3 is 44.0 Å². The summed E-state index contributed by atoms with van der Waals surface area (Å²) in [5.74, 6) is 0. The number of rotatable bonds is 13.